The fourth-order valence-electron chi connectivity index (χ4n) is 2.08. The van der Waals surface area contributed by atoms with Crippen LogP contribution in [0.2, 0.25) is 0 Å². The quantitative estimate of drug-likeness (QED) is 0.589. The molecule has 0 atom stereocenters. The van der Waals surface area contributed by atoms with Gasteiger partial charge in [0.05, 0.1) is 11.9 Å². The zero-order chi connectivity index (χ0) is 17.6. The van der Waals surface area contributed by atoms with Gasteiger partial charge in [-0.25, -0.2) is 9.37 Å². The maximum Gasteiger partial charge on any atom is 0.256 e. The zero-order valence-electron chi connectivity index (χ0n) is 13.0. The van der Waals surface area contributed by atoms with Gasteiger partial charge in [0.15, 0.2) is 5.76 Å². The first-order valence-electron chi connectivity index (χ1n) is 7.46. The van der Waals surface area contributed by atoms with E-state index in [1.165, 1.54) is 23.9 Å². The first-order chi connectivity index (χ1) is 12.1. The Morgan fingerprint density at radius 3 is 2.80 bits per heavy atom. The normalized spacial score (nSPS) is 10.6. The average Bonchev–Trinajstić information content (AvgIpc) is 3.08. The van der Waals surface area contributed by atoms with Crippen molar-refractivity contribution in [1.82, 2.24) is 10.3 Å². The molecule has 4 nitrogen and oxygen atoms in total. The van der Waals surface area contributed by atoms with Crippen molar-refractivity contribution in [2.24, 2.45) is 0 Å². The SMILES string of the molecule is O=C(CSc1ncc(-c2cccc(Br)c2)o1)NCc1ccc(F)cc1. The Labute approximate surface area is 157 Å². The molecule has 0 spiro atoms. The van der Waals surface area contributed by atoms with E-state index in [0.717, 1.165) is 15.6 Å². The number of benzene rings is 2. The fraction of sp³-hybridized carbons (Fsp3) is 0.111. The molecule has 0 saturated heterocycles. The Kier molecular flexibility index (Phi) is 5.88. The van der Waals surface area contributed by atoms with Gasteiger partial charge >= 0.3 is 0 Å². The molecule has 0 fully saturated rings. The lowest BCUT2D eigenvalue weighted by Gasteiger charge is -2.04. The van der Waals surface area contributed by atoms with E-state index in [2.05, 4.69) is 26.2 Å². The molecule has 0 aliphatic heterocycles. The minimum Gasteiger partial charge on any atom is -0.431 e. The van der Waals surface area contributed by atoms with Crippen LogP contribution < -0.4 is 5.32 Å². The fourth-order valence-corrected chi connectivity index (χ4v) is 3.11. The summed E-state index contributed by atoms with van der Waals surface area (Å²) in [5.74, 6) is 0.405. The molecule has 3 aromatic rings. The molecular weight excluding hydrogens is 407 g/mol. The van der Waals surface area contributed by atoms with Crippen LogP contribution in [0.3, 0.4) is 0 Å². The van der Waals surface area contributed by atoms with E-state index in [9.17, 15) is 9.18 Å². The Bertz CT molecular complexity index is 868. The number of nitrogens with one attached hydrogen (secondary N) is 1. The molecule has 1 N–H and O–H groups in total. The van der Waals surface area contributed by atoms with Crippen molar-refractivity contribution in [3.63, 3.8) is 0 Å². The van der Waals surface area contributed by atoms with E-state index in [1.807, 2.05) is 24.3 Å². The monoisotopic (exact) mass is 420 g/mol. The van der Waals surface area contributed by atoms with Gasteiger partial charge in [-0.05, 0) is 29.8 Å². The number of nitrogens with zero attached hydrogens (tertiary/aromatic N) is 1. The number of halogens is 2. The molecule has 0 saturated carbocycles. The highest BCUT2D eigenvalue weighted by Gasteiger charge is 2.10. The van der Waals surface area contributed by atoms with E-state index in [1.54, 1.807) is 18.3 Å². The van der Waals surface area contributed by atoms with E-state index in [4.69, 9.17) is 4.42 Å². The molecular formula is C18H14BrFN2O2S. The summed E-state index contributed by atoms with van der Waals surface area (Å²) in [6, 6.07) is 13.7. The van der Waals surface area contributed by atoms with Crippen molar-refractivity contribution < 1.29 is 13.6 Å². The number of carbonyl (C=O) groups excluding carboxylic acids is 1. The minimum atomic E-state index is -0.296. The molecule has 25 heavy (non-hydrogen) atoms. The first kappa shape index (κ1) is 17.7. The van der Waals surface area contributed by atoms with E-state index in [-0.39, 0.29) is 17.5 Å². The third-order valence-electron chi connectivity index (χ3n) is 3.32. The van der Waals surface area contributed by atoms with Crippen molar-refractivity contribution in [3.05, 3.63) is 70.6 Å². The number of oxazole rings is 1. The summed E-state index contributed by atoms with van der Waals surface area (Å²) in [6.45, 7) is 0.356. The topological polar surface area (TPSA) is 55.1 Å². The Hall–Kier alpha value is -2.12. The van der Waals surface area contributed by atoms with Crippen molar-refractivity contribution in [2.75, 3.05) is 5.75 Å². The van der Waals surface area contributed by atoms with Crippen molar-refractivity contribution in [2.45, 2.75) is 11.8 Å². The average molecular weight is 421 g/mol. The predicted molar refractivity (Wildman–Crippen MR) is 98.6 cm³/mol. The summed E-state index contributed by atoms with van der Waals surface area (Å²) in [6.07, 6.45) is 1.64. The van der Waals surface area contributed by atoms with Crippen LogP contribution in [0, 0.1) is 5.82 Å². The predicted octanol–water partition coefficient (Wildman–Crippen LogP) is 4.65. The number of aromatic nitrogens is 1. The number of amides is 1. The van der Waals surface area contributed by atoms with Crippen molar-refractivity contribution in [3.8, 4) is 11.3 Å². The van der Waals surface area contributed by atoms with Gasteiger partial charge in [-0.2, -0.15) is 0 Å². The van der Waals surface area contributed by atoms with Crippen LogP contribution in [0.25, 0.3) is 11.3 Å². The lowest BCUT2D eigenvalue weighted by atomic mass is 10.2. The Balaban J connectivity index is 1.50. The van der Waals surface area contributed by atoms with Crippen LogP contribution in [0.15, 0.2) is 68.8 Å². The molecule has 2 aromatic carbocycles. The summed E-state index contributed by atoms with van der Waals surface area (Å²) in [7, 11) is 0. The molecule has 1 amide bonds. The highest BCUT2D eigenvalue weighted by molar-refractivity contribution is 9.10. The largest absolute Gasteiger partial charge is 0.431 e. The van der Waals surface area contributed by atoms with Gasteiger partial charge in [0, 0.05) is 16.6 Å². The van der Waals surface area contributed by atoms with Gasteiger partial charge in [0.1, 0.15) is 5.82 Å². The molecule has 1 aromatic heterocycles. The number of hydrogen-bond donors (Lipinski definition) is 1. The molecule has 3 rings (SSSR count). The number of thioether (sulfide) groups is 1. The molecule has 7 heteroatoms. The highest BCUT2D eigenvalue weighted by Crippen LogP contribution is 2.27. The maximum atomic E-state index is 12.8. The van der Waals surface area contributed by atoms with Gasteiger partial charge in [0.2, 0.25) is 5.91 Å². The maximum absolute atomic E-state index is 12.8. The second-order valence-corrected chi connectivity index (χ2v) is 7.03. The molecule has 128 valence electrons. The highest BCUT2D eigenvalue weighted by atomic mass is 79.9. The molecule has 0 radical (unpaired) electrons. The van der Waals surface area contributed by atoms with E-state index < -0.39 is 0 Å². The van der Waals surface area contributed by atoms with Gasteiger partial charge in [-0.3, -0.25) is 4.79 Å². The smallest absolute Gasteiger partial charge is 0.256 e. The van der Waals surface area contributed by atoms with Crippen LogP contribution in [0.4, 0.5) is 4.39 Å². The van der Waals surface area contributed by atoms with Crippen molar-refractivity contribution in [1.29, 1.82) is 0 Å². The minimum absolute atomic E-state index is 0.142. The molecule has 0 unspecified atom stereocenters. The first-order valence-corrected chi connectivity index (χ1v) is 9.24. The lowest BCUT2D eigenvalue weighted by molar-refractivity contribution is -0.118. The van der Waals surface area contributed by atoms with Crippen LogP contribution >= 0.6 is 27.7 Å². The van der Waals surface area contributed by atoms with Crippen LogP contribution in [0.1, 0.15) is 5.56 Å². The summed E-state index contributed by atoms with van der Waals surface area (Å²) >= 11 is 4.64. The number of hydrogen-bond acceptors (Lipinski definition) is 4. The second-order valence-electron chi connectivity index (χ2n) is 5.19. The van der Waals surface area contributed by atoms with Crippen LogP contribution in [-0.2, 0) is 11.3 Å². The lowest BCUT2D eigenvalue weighted by Crippen LogP contribution is -2.24. The summed E-state index contributed by atoms with van der Waals surface area (Å²) < 4.78 is 19.4. The van der Waals surface area contributed by atoms with Gasteiger partial charge in [0.25, 0.3) is 5.22 Å². The molecule has 1 heterocycles. The Morgan fingerprint density at radius 2 is 2.04 bits per heavy atom. The van der Waals surface area contributed by atoms with Gasteiger partial charge in [-0.15, -0.1) is 0 Å². The number of carbonyl (C=O) groups is 1. The summed E-state index contributed by atoms with van der Waals surface area (Å²) in [4.78, 5) is 16.1. The molecule has 0 aliphatic carbocycles. The second kappa shape index (κ2) is 8.31. The van der Waals surface area contributed by atoms with E-state index in [0.29, 0.717) is 17.5 Å². The van der Waals surface area contributed by atoms with Crippen LogP contribution in [0.5, 0.6) is 0 Å². The molecule has 0 bridgehead atoms. The van der Waals surface area contributed by atoms with E-state index >= 15 is 0 Å². The summed E-state index contributed by atoms with van der Waals surface area (Å²) in [5, 5.41) is 3.21. The Morgan fingerprint density at radius 1 is 1.24 bits per heavy atom. The standard InChI is InChI=1S/C18H14BrFN2O2S/c19-14-3-1-2-13(8-14)16-10-22-18(24-16)25-11-17(23)21-9-12-4-6-15(20)7-5-12/h1-8,10H,9,11H2,(H,21,23). The van der Waals surface area contributed by atoms with Crippen LogP contribution in [-0.4, -0.2) is 16.6 Å². The zero-order valence-corrected chi connectivity index (χ0v) is 15.4. The number of rotatable bonds is 6. The molecule has 0 aliphatic rings. The van der Waals surface area contributed by atoms with Gasteiger partial charge in [-0.1, -0.05) is 52.0 Å². The van der Waals surface area contributed by atoms with Gasteiger partial charge < -0.3 is 9.73 Å². The van der Waals surface area contributed by atoms with Crippen molar-refractivity contribution >= 4 is 33.6 Å². The summed E-state index contributed by atoms with van der Waals surface area (Å²) in [5.41, 5.74) is 1.75. The third-order valence-corrected chi connectivity index (χ3v) is 4.66. The third kappa shape index (κ3) is 5.17.